The molecule has 0 aliphatic carbocycles. The van der Waals surface area contributed by atoms with Crippen molar-refractivity contribution in [1.29, 1.82) is 0 Å². The Morgan fingerprint density at radius 2 is 1.80 bits per heavy atom. The second-order valence-corrected chi connectivity index (χ2v) is 7.04. The third-order valence-corrected chi connectivity index (χ3v) is 4.49. The second-order valence-electron chi connectivity index (χ2n) is 5.79. The maximum atomic E-state index is 12.3. The fourth-order valence-corrected chi connectivity index (χ4v) is 3.49. The number of carbonyl (C=O) groups excluding carboxylic acids is 1. The van der Waals surface area contributed by atoms with Crippen molar-refractivity contribution in [1.82, 2.24) is 0 Å². The zero-order valence-corrected chi connectivity index (χ0v) is 15.6. The number of fused-ring (bicyclic) bond motifs is 1. The normalized spacial score (nSPS) is 13.6. The molecule has 1 aliphatic heterocycles. The van der Waals surface area contributed by atoms with Gasteiger partial charge in [0, 0.05) is 10.6 Å². The first kappa shape index (κ1) is 18.1. The zero-order valence-electron chi connectivity index (χ0n) is 13.4. The first-order chi connectivity index (χ1) is 11.9. The minimum absolute atomic E-state index is 0.190. The number of likely N-dealkylation sites (N-methyl/N-ethyl adjacent to an activating group) is 1. The van der Waals surface area contributed by atoms with Gasteiger partial charge in [0.2, 0.25) is 6.79 Å². The Labute approximate surface area is 160 Å². The van der Waals surface area contributed by atoms with E-state index in [1.54, 1.807) is 0 Å². The van der Waals surface area contributed by atoms with Gasteiger partial charge >= 0.3 is 0 Å². The molecule has 0 saturated heterocycles. The van der Waals surface area contributed by atoms with Gasteiger partial charge in [0.1, 0.15) is 6.54 Å². The van der Waals surface area contributed by atoms with Gasteiger partial charge in [0.15, 0.2) is 18.0 Å². The van der Waals surface area contributed by atoms with Crippen LogP contribution in [0.1, 0.15) is 5.56 Å². The molecule has 0 fully saturated rings. The fraction of sp³-hybridized carbons (Fsp3) is 0.235. The van der Waals surface area contributed by atoms with E-state index in [1.165, 1.54) is 12.1 Å². The van der Waals surface area contributed by atoms with Crippen LogP contribution in [-0.2, 0) is 11.3 Å². The zero-order chi connectivity index (χ0) is 18.0. The van der Waals surface area contributed by atoms with Crippen LogP contribution in [0.2, 0.25) is 15.1 Å². The Kier molecular flexibility index (Phi) is 5.59. The highest BCUT2D eigenvalue weighted by Gasteiger charge is 2.17. The average molecular weight is 403 g/mol. The highest BCUT2D eigenvalue weighted by Crippen LogP contribution is 2.34. The number of halogens is 3. The molecule has 0 bridgehead atoms. The van der Waals surface area contributed by atoms with Gasteiger partial charge in [-0.05, 0) is 30.3 Å². The number of rotatable bonds is 5. The number of benzene rings is 2. The Balaban J connectivity index is 1.59. The summed E-state index contributed by atoms with van der Waals surface area (Å²) in [6.07, 6.45) is 0. The van der Waals surface area contributed by atoms with Crippen LogP contribution < -0.4 is 19.7 Å². The van der Waals surface area contributed by atoms with Crippen molar-refractivity contribution in [2.75, 3.05) is 25.7 Å². The van der Waals surface area contributed by atoms with Crippen LogP contribution in [0.3, 0.4) is 0 Å². The smallest absolute Gasteiger partial charge is 0.279 e. The lowest BCUT2D eigenvalue weighted by molar-refractivity contribution is -0.885. The quantitative estimate of drug-likeness (QED) is 0.808. The molecule has 25 heavy (non-hydrogen) atoms. The Morgan fingerprint density at radius 1 is 1.12 bits per heavy atom. The summed E-state index contributed by atoms with van der Waals surface area (Å²) in [6.45, 7) is 1.16. The summed E-state index contributed by atoms with van der Waals surface area (Å²) in [6, 6.07) is 8.83. The van der Waals surface area contributed by atoms with Crippen molar-refractivity contribution < 1.29 is 19.2 Å². The Morgan fingerprint density at radius 3 is 2.52 bits per heavy atom. The molecular weight excluding hydrogens is 387 g/mol. The van der Waals surface area contributed by atoms with Gasteiger partial charge in [-0.1, -0.05) is 34.8 Å². The molecule has 2 N–H and O–H groups in total. The summed E-state index contributed by atoms with van der Waals surface area (Å²) in [7, 11) is 1.93. The largest absolute Gasteiger partial charge is 0.454 e. The average Bonchev–Trinajstić information content (AvgIpc) is 2.98. The Hall–Kier alpha value is -1.66. The van der Waals surface area contributed by atoms with Crippen molar-refractivity contribution in [3.05, 3.63) is 51.0 Å². The Bertz CT molecular complexity index is 791. The van der Waals surface area contributed by atoms with Crippen LogP contribution in [0.25, 0.3) is 0 Å². The van der Waals surface area contributed by atoms with Crippen molar-refractivity contribution in [3.63, 3.8) is 0 Å². The highest BCUT2D eigenvalue weighted by molar-refractivity contribution is 6.42. The van der Waals surface area contributed by atoms with E-state index in [4.69, 9.17) is 44.3 Å². The SMILES string of the molecule is C[NH+](CC(=O)Nc1c(Cl)cc(Cl)cc1Cl)Cc1ccc2c(c1)OCO2. The lowest BCUT2D eigenvalue weighted by Gasteiger charge is -2.15. The van der Waals surface area contributed by atoms with Gasteiger partial charge in [-0.3, -0.25) is 4.79 Å². The molecule has 1 heterocycles. The number of amides is 1. The maximum Gasteiger partial charge on any atom is 0.279 e. The van der Waals surface area contributed by atoms with E-state index in [0.717, 1.165) is 22.0 Å². The molecule has 1 atom stereocenters. The second kappa shape index (κ2) is 7.70. The fourth-order valence-electron chi connectivity index (χ4n) is 2.58. The van der Waals surface area contributed by atoms with E-state index in [-0.39, 0.29) is 19.2 Å². The third-order valence-electron chi connectivity index (χ3n) is 3.68. The van der Waals surface area contributed by atoms with Crippen LogP contribution >= 0.6 is 34.8 Å². The summed E-state index contributed by atoms with van der Waals surface area (Å²) >= 11 is 18.0. The lowest BCUT2D eigenvalue weighted by atomic mass is 10.2. The van der Waals surface area contributed by atoms with Gasteiger partial charge < -0.3 is 19.7 Å². The van der Waals surface area contributed by atoms with Gasteiger partial charge in [-0.2, -0.15) is 0 Å². The molecule has 5 nitrogen and oxygen atoms in total. The molecule has 1 amide bonds. The summed E-state index contributed by atoms with van der Waals surface area (Å²) in [5.41, 5.74) is 1.42. The molecule has 1 unspecified atom stereocenters. The number of hydrogen-bond donors (Lipinski definition) is 2. The van der Waals surface area contributed by atoms with Crippen molar-refractivity contribution in [3.8, 4) is 11.5 Å². The van der Waals surface area contributed by atoms with Crippen LogP contribution in [0, 0.1) is 0 Å². The van der Waals surface area contributed by atoms with Crippen LogP contribution in [0.5, 0.6) is 11.5 Å². The predicted molar refractivity (Wildman–Crippen MR) is 98.1 cm³/mol. The van der Waals surface area contributed by atoms with Crippen molar-refractivity contribution >= 4 is 46.4 Å². The number of hydrogen-bond acceptors (Lipinski definition) is 3. The van der Waals surface area contributed by atoms with Gasteiger partial charge in [-0.25, -0.2) is 0 Å². The molecule has 0 radical (unpaired) electrons. The minimum atomic E-state index is -0.190. The molecule has 3 rings (SSSR count). The van der Waals surface area contributed by atoms with Crippen molar-refractivity contribution in [2.45, 2.75) is 6.54 Å². The minimum Gasteiger partial charge on any atom is -0.454 e. The molecule has 132 valence electrons. The maximum absolute atomic E-state index is 12.3. The molecule has 8 heteroatoms. The van der Waals surface area contributed by atoms with Crippen LogP contribution in [0.15, 0.2) is 30.3 Å². The number of nitrogens with one attached hydrogen (secondary N) is 2. The standard InChI is InChI=1S/C17H15Cl3N2O3/c1-22(7-10-2-3-14-15(4-10)25-9-24-14)8-16(23)21-17-12(19)5-11(18)6-13(17)20/h2-6H,7-9H2,1H3,(H,21,23)/p+1. The summed E-state index contributed by atoms with van der Waals surface area (Å²) < 4.78 is 10.7. The number of anilines is 1. The molecule has 1 aliphatic rings. The summed E-state index contributed by atoms with van der Waals surface area (Å²) in [5.74, 6) is 1.28. The van der Waals surface area contributed by atoms with Gasteiger partial charge in [0.05, 0.1) is 22.8 Å². The molecule has 0 aromatic heterocycles. The molecule has 2 aromatic carbocycles. The molecule has 0 saturated carbocycles. The molecule has 2 aromatic rings. The highest BCUT2D eigenvalue weighted by atomic mass is 35.5. The van der Waals surface area contributed by atoms with Gasteiger partial charge in [-0.15, -0.1) is 0 Å². The van der Waals surface area contributed by atoms with E-state index < -0.39 is 0 Å². The first-order valence-corrected chi connectivity index (χ1v) is 8.70. The third kappa shape index (κ3) is 4.50. The summed E-state index contributed by atoms with van der Waals surface area (Å²) in [4.78, 5) is 13.3. The number of ether oxygens (including phenoxy) is 2. The molecular formula is C17H16Cl3N2O3+. The van der Waals surface area contributed by atoms with Crippen LogP contribution in [-0.4, -0.2) is 26.3 Å². The topological polar surface area (TPSA) is 52.0 Å². The first-order valence-electron chi connectivity index (χ1n) is 7.56. The lowest BCUT2D eigenvalue weighted by Crippen LogP contribution is -3.08. The monoisotopic (exact) mass is 401 g/mol. The number of quaternary nitrogens is 1. The van der Waals surface area contributed by atoms with E-state index >= 15 is 0 Å². The van der Waals surface area contributed by atoms with E-state index in [0.29, 0.717) is 27.3 Å². The molecule has 0 spiro atoms. The van der Waals surface area contributed by atoms with E-state index in [1.807, 2.05) is 25.2 Å². The van der Waals surface area contributed by atoms with E-state index in [2.05, 4.69) is 5.32 Å². The van der Waals surface area contributed by atoms with Crippen LogP contribution in [0.4, 0.5) is 5.69 Å². The number of carbonyl (C=O) groups is 1. The van der Waals surface area contributed by atoms with Crippen molar-refractivity contribution in [2.24, 2.45) is 0 Å². The predicted octanol–water partition coefficient (Wildman–Crippen LogP) is 3.03. The van der Waals surface area contributed by atoms with Gasteiger partial charge in [0.25, 0.3) is 5.91 Å². The van der Waals surface area contributed by atoms with E-state index in [9.17, 15) is 4.79 Å². The summed E-state index contributed by atoms with van der Waals surface area (Å²) in [5, 5.41) is 3.76.